The van der Waals surface area contributed by atoms with Crippen molar-refractivity contribution in [2.75, 3.05) is 25.4 Å². The van der Waals surface area contributed by atoms with Crippen LogP contribution in [0.3, 0.4) is 0 Å². The number of benzene rings is 1. The Balaban J connectivity index is 1.96. The van der Waals surface area contributed by atoms with Gasteiger partial charge in [-0.05, 0) is 31.5 Å². The van der Waals surface area contributed by atoms with Crippen molar-refractivity contribution < 1.29 is 9.90 Å². The van der Waals surface area contributed by atoms with Gasteiger partial charge in [0.2, 0.25) is 0 Å². The zero-order valence-corrected chi connectivity index (χ0v) is 11.2. The predicted octanol–water partition coefficient (Wildman–Crippen LogP) is 1.19. The maximum atomic E-state index is 12.1. The molecule has 1 heterocycles. The first kappa shape index (κ1) is 13.7. The number of hydrogen-bond acceptors (Lipinski definition) is 4. The average molecular weight is 263 g/mol. The van der Waals surface area contributed by atoms with Crippen LogP contribution in [0.25, 0.3) is 0 Å². The van der Waals surface area contributed by atoms with Crippen molar-refractivity contribution in [3.8, 4) is 5.75 Å². The van der Waals surface area contributed by atoms with Crippen molar-refractivity contribution in [3.63, 3.8) is 0 Å². The van der Waals surface area contributed by atoms with Crippen LogP contribution in [0.5, 0.6) is 5.75 Å². The topological polar surface area (TPSA) is 78.6 Å². The van der Waals surface area contributed by atoms with Crippen LogP contribution < -0.4 is 11.1 Å². The molecule has 0 radical (unpaired) electrons. The molecule has 104 valence electrons. The lowest BCUT2D eigenvalue weighted by Crippen LogP contribution is -2.44. The summed E-state index contributed by atoms with van der Waals surface area (Å²) in [5.41, 5.74) is 6.07. The van der Waals surface area contributed by atoms with Gasteiger partial charge in [-0.1, -0.05) is 13.0 Å². The minimum absolute atomic E-state index is 0.133. The van der Waals surface area contributed by atoms with Crippen LogP contribution in [0.1, 0.15) is 30.1 Å². The zero-order chi connectivity index (χ0) is 13.8. The van der Waals surface area contributed by atoms with Crippen LogP contribution in [-0.2, 0) is 0 Å². The lowest BCUT2D eigenvalue weighted by Gasteiger charge is -2.31. The number of carbonyl (C=O) groups is 1. The van der Waals surface area contributed by atoms with Gasteiger partial charge in [-0.3, -0.25) is 4.79 Å². The van der Waals surface area contributed by atoms with E-state index in [4.69, 9.17) is 5.73 Å². The number of phenols is 1. The van der Waals surface area contributed by atoms with Crippen molar-refractivity contribution in [2.24, 2.45) is 0 Å². The second kappa shape index (κ2) is 5.93. The van der Waals surface area contributed by atoms with Crippen LogP contribution in [-0.4, -0.2) is 41.6 Å². The molecule has 1 aliphatic rings. The van der Waals surface area contributed by atoms with Crippen molar-refractivity contribution in [1.82, 2.24) is 10.2 Å². The summed E-state index contributed by atoms with van der Waals surface area (Å²) < 4.78 is 0. The summed E-state index contributed by atoms with van der Waals surface area (Å²) in [4.78, 5) is 14.5. The van der Waals surface area contributed by atoms with Crippen molar-refractivity contribution in [2.45, 2.75) is 25.8 Å². The third-order valence-corrected chi connectivity index (χ3v) is 3.68. The van der Waals surface area contributed by atoms with Gasteiger partial charge in [0.15, 0.2) is 5.75 Å². The summed E-state index contributed by atoms with van der Waals surface area (Å²) in [5.74, 6) is -0.384. The van der Waals surface area contributed by atoms with E-state index in [-0.39, 0.29) is 28.9 Å². The largest absolute Gasteiger partial charge is 0.505 e. The number of nitrogens with one attached hydrogen (secondary N) is 1. The molecule has 5 nitrogen and oxygen atoms in total. The highest BCUT2D eigenvalue weighted by Crippen LogP contribution is 2.24. The first-order valence-electron chi connectivity index (χ1n) is 6.72. The van der Waals surface area contributed by atoms with Gasteiger partial charge in [-0.2, -0.15) is 0 Å². The predicted molar refractivity (Wildman–Crippen MR) is 75.1 cm³/mol. The molecule has 0 aliphatic carbocycles. The van der Waals surface area contributed by atoms with E-state index >= 15 is 0 Å². The molecule has 1 aromatic carbocycles. The van der Waals surface area contributed by atoms with Gasteiger partial charge < -0.3 is 21.1 Å². The maximum Gasteiger partial charge on any atom is 0.255 e. The van der Waals surface area contributed by atoms with E-state index in [0.717, 1.165) is 32.5 Å². The molecular formula is C14H21N3O2. The molecule has 1 saturated heterocycles. The molecule has 1 aliphatic heterocycles. The monoisotopic (exact) mass is 263 g/mol. The fourth-order valence-electron chi connectivity index (χ4n) is 2.40. The zero-order valence-electron chi connectivity index (χ0n) is 11.2. The molecule has 0 bridgehead atoms. The fourth-order valence-corrected chi connectivity index (χ4v) is 2.40. The summed E-state index contributed by atoms with van der Waals surface area (Å²) in [6.45, 7) is 5.20. The number of anilines is 1. The summed E-state index contributed by atoms with van der Waals surface area (Å²) in [6, 6.07) is 5.01. The minimum Gasteiger partial charge on any atom is -0.505 e. The molecule has 5 heteroatoms. The number of aromatic hydroxyl groups is 1. The highest BCUT2D eigenvalue weighted by Gasteiger charge is 2.21. The Morgan fingerprint density at radius 2 is 2.16 bits per heavy atom. The summed E-state index contributed by atoms with van der Waals surface area (Å²) in [6.07, 6.45) is 1.89. The van der Waals surface area contributed by atoms with Gasteiger partial charge in [0.05, 0.1) is 11.3 Å². The molecule has 1 fully saturated rings. The van der Waals surface area contributed by atoms with E-state index in [9.17, 15) is 9.90 Å². The van der Waals surface area contributed by atoms with Crippen LogP contribution >= 0.6 is 0 Å². The number of nitrogens with zero attached hydrogens (tertiary/aromatic N) is 1. The van der Waals surface area contributed by atoms with Crippen LogP contribution in [0.4, 0.5) is 5.69 Å². The number of nitrogens with two attached hydrogens (primary N) is 1. The molecule has 0 unspecified atom stereocenters. The third-order valence-electron chi connectivity index (χ3n) is 3.68. The average Bonchev–Trinajstić information content (AvgIpc) is 2.42. The van der Waals surface area contributed by atoms with E-state index in [1.165, 1.54) is 0 Å². The van der Waals surface area contributed by atoms with Gasteiger partial charge in [-0.25, -0.2) is 0 Å². The SMILES string of the molecule is CCN1CCC(NC(=O)c2cccc(N)c2O)CC1. The Labute approximate surface area is 113 Å². The number of carbonyl (C=O) groups excluding carboxylic acids is 1. The Morgan fingerprint density at radius 3 is 2.79 bits per heavy atom. The Hall–Kier alpha value is -1.75. The fraction of sp³-hybridized carbons (Fsp3) is 0.500. The number of hydrogen-bond donors (Lipinski definition) is 3. The van der Waals surface area contributed by atoms with Gasteiger partial charge >= 0.3 is 0 Å². The van der Waals surface area contributed by atoms with Crippen molar-refractivity contribution >= 4 is 11.6 Å². The summed E-state index contributed by atoms with van der Waals surface area (Å²) in [5, 5.41) is 12.8. The number of piperidine rings is 1. The standard InChI is InChI=1S/C14H21N3O2/c1-2-17-8-6-10(7-9-17)16-14(19)11-4-3-5-12(15)13(11)18/h3-5,10,18H,2,6-9,15H2,1H3,(H,16,19). The Bertz CT molecular complexity index is 454. The Kier molecular flexibility index (Phi) is 4.27. The number of amides is 1. The highest BCUT2D eigenvalue weighted by molar-refractivity contribution is 5.98. The van der Waals surface area contributed by atoms with E-state index in [1.807, 2.05) is 0 Å². The molecule has 0 saturated carbocycles. The van der Waals surface area contributed by atoms with Crippen molar-refractivity contribution in [3.05, 3.63) is 23.8 Å². The van der Waals surface area contributed by atoms with Gasteiger partial charge in [0, 0.05) is 19.1 Å². The minimum atomic E-state index is -0.250. The molecule has 0 spiro atoms. The van der Waals surface area contributed by atoms with Crippen LogP contribution in [0, 0.1) is 0 Å². The molecule has 1 amide bonds. The normalized spacial score (nSPS) is 17.3. The molecule has 4 N–H and O–H groups in total. The number of likely N-dealkylation sites (tertiary alicyclic amines) is 1. The van der Waals surface area contributed by atoms with Gasteiger partial charge in [-0.15, -0.1) is 0 Å². The summed E-state index contributed by atoms with van der Waals surface area (Å²) >= 11 is 0. The van der Waals surface area contributed by atoms with E-state index in [0.29, 0.717) is 0 Å². The number of phenolic OH excluding ortho intramolecular Hbond substituents is 1. The number of para-hydroxylation sites is 1. The van der Waals surface area contributed by atoms with Crippen LogP contribution in [0.15, 0.2) is 18.2 Å². The van der Waals surface area contributed by atoms with E-state index in [1.54, 1.807) is 18.2 Å². The quantitative estimate of drug-likeness (QED) is 0.565. The maximum absolute atomic E-state index is 12.1. The molecule has 0 atom stereocenters. The Morgan fingerprint density at radius 1 is 1.47 bits per heavy atom. The third kappa shape index (κ3) is 3.17. The van der Waals surface area contributed by atoms with E-state index < -0.39 is 0 Å². The van der Waals surface area contributed by atoms with Gasteiger partial charge in [0.25, 0.3) is 5.91 Å². The van der Waals surface area contributed by atoms with Gasteiger partial charge in [0.1, 0.15) is 0 Å². The second-order valence-electron chi connectivity index (χ2n) is 4.93. The molecule has 1 aromatic rings. The number of nitrogen functional groups attached to an aromatic ring is 1. The molecule has 19 heavy (non-hydrogen) atoms. The first-order valence-corrected chi connectivity index (χ1v) is 6.72. The number of rotatable bonds is 3. The first-order chi connectivity index (χ1) is 9.11. The van der Waals surface area contributed by atoms with Crippen LogP contribution in [0.2, 0.25) is 0 Å². The second-order valence-corrected chi connectivity index (χ2v) is 4.93. The van der Waals surface area contributed by atoms with E-state index in [2.05, 4.69) is 17.1 Å². The molecule has 0 aromatic heterocycles. The highest BCUT2D eigenvalue weighted by atomic mass is 16.3. The molecule has 2 rings (SSSR count). The lowest BCUT2D eigenvalue weighted by molar-refractivity contribution is 0.0910. The lowest BCUT2D eigenvalue weighted by atomic mass is 10.0. The molecular weight excluding hydrogens is 242 g/mol. The summed E-state index contributed by atoms with van der Waals surface area (Å²) in [7, 11) is 0. The van der Waals surface area contributed by atoms with Crippen molar-refractivity contribution in [1.29, 1.82) is 0 Å². The smallest absolute Gasteiger partial charge is 0.255 e.